The van der Waals surface area contributed by atoms with Crippen molar-refractivity contribution in [3.05, 3.63) is 76.6 Å². The van der Waals surface area contributed by atoms with Crippen LogP contribution < -0.4 is 5.32 Å². The van der Waals surface area contributed by atoms with E-state index in [-0.39, 0.29) is 5.69 Å². The zero-order valence-corrected chi connectivity index (χ0v) is 14.6. The summed E-state index contributed by atoms with van der Waals surface area (Å²) in [4.78, 5) is 4.59. The Kier molecular flexibility index (Phi) is 3.47. The topological polar surface area (TPSA) is 42.2 Å². The van der Waals surface area contributed by atoms with E-state index in [4.69, 9.17) is 0 Å². The Morgan fingerprint density at radius 1 is 1.07 bits per heavy atom. The molecule has 6 heteroatoms. The number of aromatic nitrogens is 2. The molecule has 0 saturated heterocycles. The van der Waals surface area contributed by atoms with E-state index in [0.717, 1.165) is 52.1 Å². The van der Waals surface area contributed by atoms with Crippen molar-refractivity contribution in [1.82, 2.24) is 9.78 Å². The molecule has 27 heavy (non-hydrogen) atoms. The molecule has 0 unspecified atom stereocenters. The third kappa shape index (κ3) is 2.48. The highest BCUT2D eigenvalue weighted by Gasteiger charge is 2.28. The standard InChI is InChI=1S/C21H16F2N4/c1-12-20-19(27(26-12)18-9-7-14(22)10-15(18)23)8-6-13-11-24-16-4-2-3-5-17(16)25-21(13)20/h2-5,7,9-11,25H,6,8H2,1H3. The van der Waals surface area contributed by atoms with E-state index >= 15 is 0 Å². The molecular weight excluding hydrogens is 346 g/mol. The van der Waals surface area contributed by atoms with Crippen LogP contribution in [0.3, 0.4) is 0 Å². The van der Waals surface area contributed by atoms with Gasteiger partial charge in [-0.15, -0.1) is 0 Å². The Bertz CT molecular complexity index is 1140. The average molecular weight is 362 g/mol. The largest absolute Gasteiger partial charge is 0.353 e. The van der Waals surface area contributed by atoms with E-state index in [9.17, 15) is 8.78 Å². The maximum atomic E-state index is 14.4. The lowest BCUT2D eigenvalue weighted by molar-refractivity contribution is 0.570. The second kappa shape index (κ2) is 5.87. The summed E-state index contributed by atoms with van der Waals surface area (Å²) in [6.07, 6.45) is 3.36. The molecule has 1 N–H and O–H groups in total. The van der Waals surface area contributed by atoms with Gasteiger partial charge >= 0.3 is 0 Å². The maximum Gasteiger partial charge on any atom is 0.151 e. The Hall–Kier alpha value is -3.28. The summed E-state index contributed by atoms with van der Waals surface area (Å²) in [5.74, 6) is -1.22. The summed E-state index contributed by atoms with van der Waals surface area (Å²) >= 11 is 0. The van der Waals surface area contributed by atoms with E-state index < -0.39 is 11.6 Å². The molecule has 5 rings (SSSR count). The number of hydrogen-bond acceptors (Lipinski definition) is 3. The number of para-hydroxylation sites is 2. The first-order valence-electron chi connectivity index (χ1n) is 8.79. The van der Waals surface area contributed by atoms with Crippen molar-refractivity contribution in [2.45, 2.75) is 19.8 Å². The van der Waals surface area contributed by atoms with Gasteiger partial charge in [0.25, 0.3) is 0 Å². The number of nitrogens with zero attached hydrogens (tertiary/aromatic N) is 3. The summed E-state index contributed by atoms with van der Waals surface area (Å²) in [5.41, 5.74) is 6.78. The molecule has 3 aromatic rings. The predicted molar refractivity (Wildman–Crippen MR) is 102 cm³/mol. The minimum Gasteiger partial charge on any atom is -0.353 e. The number of fused-ring (bicyclic) bond motifs is 3. The van der Waals surface area contributed by atoms with E-state index in [2.05, 4.69) is 15.4 Å². The summed E-state index contributed by atoms with van der Waals surface area (Å²) in [5, 5.41) is 8.06. The predicted octanol–water partition coefficient (Wildman–Crippen LogP) is 4.94. The highest BCUT2D eigenvalue weighted by Crippen LogP contribution is 2.39. The number of allylic oxidation sites excluding steroid dienone is 1. The first-order chi connectivity index (χ1) is 13.1. The fourth-order valence-electron chi connectivity index (χ4n) is 3.77. The van der Waals surface area contributed by atoms with Crippen molar-refractivity contribution in [2.75, 3.05) is 5.32 Å². The van der Waals surface area contributed by atoms with Crippen LogP contribution in [0.25, 0.3) is 11.4 Å². The van der Waals surface area contributed by atoms with E-state index in [0.29, 0.717) is 6.42 Å². The van der Waals surface area contributed by atoms with Crippen LogP contribution in [0, 0.1) is 18.6 Å². The third-order valence-corrected chi connectivity index (χ3v) is 5.02. The van der Waals surface area contributed by atoms with Crippen molar-refractivity contribution >= 4 is 23.3 Å². The maximum absolute atomic E-state index is 14.4. The lowest BCUT2D eigenvalue weighted by atomic mass is 9.93. The molecule has 134 valence electrons. The number of aliphatic imine (C=N–C) groups is 1. The summed E-state index contributed by atoms with van der Waals surface area (Å²) in [6.45, 7) is 1.91. The number of nitrogens with one attached hydrogen (secondary N) is 1. The van der Waals surface area contributed by atoms with Crippen LogP contribution in [0.2, 0.25) is 0 Å². The molecule has 0 saturated carbocycles. The van der Waals surface area contributed by atoms with E-state index in [1.165, 1.54) is 12.1 Å². The summed E-state index contributed by atoms with van der Waals surface area (Å²) in [6, 6.07) is 11.4. The zero-order valence-electron chi connectivity index (χ0n) is 14.6. The van der Waals surface area contributed by atoms with Gasteiger partial charge in [-0.05, 0) is 49.6 Å². The van der Waals surface area contributed by atoms with Crippen LogP contribution in [0.5, 0.6) is 0 Å². The lowest BCUT2D eigenvalue weighted by Gasteiger charge is -2.21. The average Bonchev–Trinajstić information content (AvgIpc) is 2.87. The molecule has 0 fully saturated rings. The van der Waals surface area contributed by atoms with Crippen LogP contribution >= 0.6 is 0 Å². The Morgan fingerprint density at radius 2 is 1.93 bits per heavy atom. The molecule has 0 amide bonds. The van der Waals surface area contributed by atoms with Crippen molar-refractivity contribution in [1.29, 1.82) is 0 Å². The van der Waals surface area contributed by atoms with E-state index in [1.807, 2.05) is 37.4 Å². The second-order valence-electron chi connectivity index (χ2n) is 6.72. The van der Waals surface area contributed by atoms with Gasteiger partial charge in [0.2, 0.25) is 0 Å². The van der Waals surface area contributed by atoms with Crippen molar-refractivity contribution in [2.24, 2.45) is 4.99 Å². The van der Waals surface area contributed by atoms with Crippen molar-refractivity contribution in [3.63, 3.8) is 0 Å². The quantitative estimate of drug-likeness (QED) is 0.666. The van der Waals surface area contributed by atoms with Gasteiger partial charge in [-0.2, -0.15) is 5.10 Å². The fourth-order valence-corrected chi connectivity index (χ4v) is 3.77. The number of aryl methyl sites for hydroxylation is 1. The Balaban J connectivity index is 1.68. The Labute approximate surface area is 154 Å². The van der Waals surface area contributed by atoms with E-state index in [1.54, 1.807) is 4.68 Å². The molecule has 2 heterocycles. The Morgan fingerprint density at radius 3 is 2.78 bits per heavy atom. The van der Waals surface area contributed by atoms with Gasteiger partial charge in [0.1, 0.15) is 11.5 Å². The van der Waals surface area contributed by atoms with Crippen molar-refractivity contribution in [3.8, 4) is 5.69 Å². The zero-order chi connectivity index (χ0) is 18.5. The van der Waals surface area contributed by atoms with Crippen LogP contribution in [0.4, 0.5) is 20.2 Å². The molecule has 0 atom stereocenters. The van der Waals surface area contributed by atoms with Crippen molar-refractivity contribution < 1.29 is 8.78 Å². The van der Waals surface area contributed by atoms with Gasteiger partial charge in [-0.3, -0.25) is 4.99 Å². The SMILES string of the molecule is Cc1nn(-c2ccc(F)cc2F)c2c1C1=C(C=Nc3ccccc3N1)CC2. The smallest absolute Gasteiger partial charge is 0.151 e. The number of rotatable bonds is 1. The molecule has 0 radical (unpaired) electrons. The van der Waals surface area contributed by atoms with Crippen LogP contribution in [0.15, 0.2) is 53.0 Å². The van der Waals surface area contributed by atoms with Gasteiger partial charge < -0.3 is 5.32 Å². The fraction of sp³-hybridized carbons (Fsp3) is 0.143. The molecule has 1 aliphatic carbocycles. The molecule has 2 aromatic carbocycles. The lowest BCUT2D eigenvalue weighted by Crippen LogP contribution is -2.14. The van der Waals surface area contributed by atoms with Gasteiger partial charge in [-0.1, -0.05) is 12.1 Å². The summed E-state index contributed by atoms with van der Waals surface area (Å²) < 4.78 is 29.3. The first kappa shape index (κ1) is 15.9. The second-order valence-corrected chi connectivity index (χ2v) is 6.72. The molecule has 4 nitrogen and oxygen atoms in total. The molecule has 2 aliphatic rings. The molecule has 0 bridgehead atoms. The first-order valence-corrected chi connectivity index (χ1v) is 8.79. The highest BCUT2D eigenvalue weighted by molar-refractivity contribution is 6.01. The third-order valence-electron chi connectivity index (χ3n) is 5.02. The highest BCUT2D eigenvalue weighted by atomic mass is 19.1. The number of anilines is 1. The molecular formula is C21H16F2N4. The van der Waals surface area contributed by atoms with Gasteiger partial charge in [-0.25, -0.2) is 13.5 Å². The van der Waals surface area contributed by atoms with Gasteiger partial charge in [0, 0.05) is 17.8 Å². The van der Waals surface area contributed by atoms with Gasteiger partial charge in [0.15, 0.2) is 5.82 Å². The summed E-state index contributed by atoms with van der Waals surface area (Å²) in [7, 11) is 0. The van der Waals surface area contributed by atoms with Crippen LogP contribution in [-0.4, -0.2) is 16.0 Å². The minimum atomic E-state index is -0.624. The number of benzene rings is 2. The molecule has 1 aromatic heterocycles. The number of hydrogen-bond donors (Lipinski definition) is 1. The molecule has 1 aliphatic heterocycles. The molecule has 0 spiro atoms. The normalized spacial score (nSPS) is 14.9. The minimum absolute atomic E-state index is 0.257. The van der Waals surface area contributed by atoms with Gasteiger partial charge in [0.05, 0.1) is 28.5 Å². The number of halogens is 2. The van der Waals surface area contributed by atoms with Crippen LogP contribution in [0.1, 0.15) is 23.4 Å². The monoisotopic (exact) mass is 362 g/mol. The van der Waals surface area contributed by atoms with Crippen LogP contribution in [-0.2, 0) is 6.42 Å².